The molecule has 2 aliphatic heterocycles. The van der Waals surface area contributed by atoms with Crippen molar-refractivity contribution in [3.8, 4) is 0 Å². The molecule has 6 heteroatoms. The number of rotatable bonds is 4. The maximum absolute atomic E-state index is 12.0. The molecule has 0 aliphatic carbocycles. The molecule has 2 saturated heterocycles. The van der Waals surface area contributed by atoms with Gasteiger partial charge in [-0.15, -0.1) is 0 Å². The summed E-state index contributed by atoms with van der Waals surface area (Å²) in [4.78, 5) is 0. The van der Waals surface area contributed by atoms with E-state index in [-0.39, 0.29) is 5.25 Å². The quantitative estimate of drug-likeness (QED) is 0.779. The van der Waals surface area contributed by atoms with Crippen molar-refractivity contribution in [2.24, 2.45) is 0 Å². The third kappa shape index (κ3) is 3.35. The summed E-state index contributed by atoms with van der Waals surface area (Å²) in [5.74, 6) is 1.18. The number of sulfonamides is 1. The second kappa shape index (κ2) is 5.71. The molecule has 2 heterocycles. The molecule has 0 radical (unpaired) electrons. The molecular weight excluding hydrogens is 244 g/mol. The molecule has 2 rings (SSSR count). The van der Waals surface area contributed by atoms with Crippen molar-refractivity contribution in [1.82, 2.24) is 10.0 Å². The largest absolute Gasteiger partial charge is 0.317 e. The van der Waals surface area contributed by atoms with E-state index >= 15 is 0 Å². The second-order valence-electron chi connectivity index (χ2n) is 4.48. The first-order valence-electron chi connectivity index (χ1n) is 5.99. The van der Waals surface area contributed by atoms with Crippen LogP contribution in [0.4, 0.5) is 0 Å². The summed E-state index contributed by atoms with van der Waals surface area (Å²) in [6, 6.07) is 0. The third-order valence-electron chi connectivity index (χ3n) is 3.26. The molecule has 2 fully saturated rings. The molecule has 0 aromatic heterocycles. The van der Waals surface area contributed by atoms with Crippen molar-refractivity contribution < 1.29 is 8.42 Å². The predicted molar refractivity (Wildman–Crippen MR) is 68.3 cm³/mol. The van der Waals surface area contributed by atoms with Crippen LogP contribution in [0.15, 0.2) is 0 Å². The minimum Gasteiger partial charge on any atom is -0.317 e. The van der Waals surface area contributed by atoms with Crippen molar-refractivity contribution in [3.63, 3.8) is 0 Å². The van der Waals surface area contributed by atoms with E-state index in [4.69, 9.17) is 0 Å². The highest BCUT2D eigenvalue weighted by molar-refractivity contribution is 8.00. The van der Waals surface area contributed by atoms with Crippen molar-refractivity contribution in [2.75, 3.05) is 25.4 Å². The van der Waals surface area contributed by atoms with Crippen molar-refractivity contribution in [1.29, 1.82) is 0 Å². The monoisotopic (exact) mass is 264 g/mol. The summed E-state index contributed by atoms with van der Waals surface area (Å²) in [7, 11) is -3.07. The summed E-state index contributed by atoms with van der Waals surface area (Å²) in [5, 5.41) is 3.50. The van der Waals surface area contributed by atoms with Crippen molar-refractivity contribution in [2.45, 2.75) is 36.2 Å². The van der Waals surface area contributed by atoms with Gasteiger partial charge in [-0.25, -0.2) is 13.1 Å². The Hall–Kier alpha value is 0.220. The average molecular weight is 264 g/mol. The second-order valence-corrected chi connectivity index (χ2v) is 7.93. The van der Waals surface area contributed by atoms with Gasteiger partial charge >= 0.3 is 0 Å². The van der Waals surface area contributed by atoms with Crippen LogP contribution in [-0.4, -0.2) is 44.3 Å². The zero-order valence-electron chi connectivity index (χ0n) is 9.44. The summed E-state index contributed by atoms with van der Waals surface area (Å²) in [6.07, 6.45) is 3.87. The van der Waals surface area contributed by atoms with E-state index in [1.165, 1.54) is 12.2 Å². The molecule has 2 aliphatic rings. The number of hydrogen-bond acceptors (Lipinski definition) is 4. The Morgan fingerprint density at radius 2 is 2.00 bits per heavy atom. The molecule has 0 aromatic rings. The number of piperidine rings is 1. The molecule has 16 heavy (non-hydrogen) atoms. The first-order chi connectivity index (χ1) is 7.68. The Morgan fingerprint density at radius 1 is 1.25 bits per heavy atom. The lowest BCUT2D eigenvalue weighted by Gasteiger charge is -2.23. The highest BCUT2D eigenvalue weighted by Gasteiger charge is 2.28. The van der Waals surface area contributed by atoms with Gasteiger partial charge in [-0.1, -0.05) is 0 Å². The SMILES string of the molecule is O=S(=O)(NCC1CCCS1)C1CCNCC1. The topological polar surface area (TPSA) is 58.2 Å². The number of nitrogens with one attached hydrogen (secondary N) is 2. The van der Waals surface area contributed by atoms with E-state index in [9.17, 15) is 8.42 Å². The predicted octanol–water partition coefficient (Wildman–Crippen LogP) is 0.553. The zero-order chi connectivity index (χ0) is 11.4. The average Bonchev–Trinajstić information content (AvgIpc) is 2.81. The minimum atomic E-state index is -3.07. The normalized spacial score (nSPS) is 28.4. The Morgan fingerprint density at radius 3 is 2.62 bits per heavy atom. The smallest absolute Gasteiger partial charge is 0.214 e. The third-order valence-corrected chi connectivity index (χ3v) is 6.58. The van der Waals surface area contributed by atoms with E-state index in [0.29, 0.717) is 11.8 Å². The standard InChI is InChI=1S/C10H20N2O2S2/c13-16(14,10-3-5-11-6-4-10)12-8-9-2-1-7-15-9/h9-12H,1-8H2. The van der Waals surface area contributed by atoms with Crippen LogP contribution in [-0.2, 0) is 10.0 Å². The highest BCUT2D eigenvalue weighted by Crippen LogP contribution is 2.25. The fraction of sp³-hybridized carbons (Fsp3) is 1.00. The van der Waals surface area contributed by atoms with Crippen molar-refractivity contribution in [3.05, 3.63) is 0 Å². The van der Waals surface area contributed by atoms with Crippen LogP contribution in [0, 0.1) is 0 Å². The molecule has 0 spiro atoms. The molecule has 2 N–H and O–H groups in total. The van der Waals surface area contributed by atoms with E-state index in [2.05, 4.69) is 10.0 Å². The fourth-order valence-electron chi connectivity index (χ4n) is 2.24. The first-order valence-corrected chi connectivity index (χ1v) is 8.59. The van der Waals surface area contributed by atoms with E-state index in [1.807, 2.05) is 11.8 Å². The van der Waals surface area contributed by atoms with Gasteiger partial charge in [-0.2, -0.15) is 11.8 Å². The van der Waals surface area contributed by atoms with Gasteiger partial charge in [0.2, 0.25) is 10.0 Å². The van der Waals surface area contributed by atoms with Gasteiger partial charge in [-0.05, 0) is 44.5 Å². The summed E-state index contributed by atoms with van der Waals surface area (Å²) in [6.45, 7) is 2.27. The summed E-state index contributed by atoms with van der Waals surface area (Å²) < 4.78 is 26.8. The molecular formula is C10H20N2O2S2. The van der Waals surface area contributed by atoms with E-state index in [1.54, 1.807) is 0 Å². The Labute approximate surface area is 102 Å². The van der Waals surface area contributed by atoms with Gasteiger partial charge in [0.05, 0.1) is 5.25 Å². The highest BCUT2D eigenvalue weighted by atomic mass is 32.2. The molecule has 0 aromatic carbocycles. The molecule has 0 saturated carbocycles. The van der Waals surface area contributed by atoms with Gasteiger partial charge < -0.3 is 5.32 Å². The van der Waals surface area contributed by atoms with Crippen LogP contribution in [0.1, 0.15) is 25.7 Å². The minimum absolute atomic E-state index is 0.180. The lowest BCUT2D eigenvalue weighted by atomic mass is 10.2. The Balaban J connectivity index is 1.81. The number of hydrogen-bond donors (Lipinski definition) is 2. The summed E-state index contributed by atoms with van der Waals surface area (Å²) >= 11 is 1.89. The lowest BCUT2D eigenvalue weighted by molar-refractivity contribution is 0.489. The van der Waals surface area contributed by atoms with Crippen molar-refractivity contribution >= 4 is 21.8 Å². The first kappa shape index (κ1) is 12.7. The van der Waals surface area contributed by atoms with Gasteiger partial charge in [-0.3, -0.25) is 0 Å². The fourth-order valence-corrected chi connectivity index (χ4v) is 5.07. The van der Waals surface area contributed by atoms with Crippen LogP contribution in [0.5, 0.6) is 0 Å². The molecule has 1 atom stereocenters. The Bertz CT molecular complexity index is 307. The van der Waals surface area contributed by atoms with E-state index in [0.717, 1.165) is 32.4 Å². The van der Waals surface area contributed by atoms with Gasteiger partial charge in [0.25, 0.3) is 0 Å². The van der Waals surface area contributed by atoms with E-state index < -0.39 is 10.0 Å². The van der Waals surface area contributed by atoms with Crippen LogP contribution in [0.2, 0.25) is 0 Å². The van der Waals surface area contributed by atoms with Crippen LogP contribution >= 0.6 is 11.8 Å². The molecule has 4 nitrogen and oxygen atoms in total. The number of thioether (sulfide) groups is 1. The molecule has 1 unspecified atom stereocenters. The Kier molecular flexibility index (Phi) is 4.52. The zero-order valence-corrected chi connectivity index (χ0v) is 11.1. The van der Waals surface area contributed by atoms with Crippen LogP contribution < -0.4 is 10.0 Å². The van der Waals surface area contributed by atoms with Gasteiger partial charge in [0.1, 0.15) is 0 Å². The maximum atomic E-state index is 12.0. The molecule has 94 valence electrons. The lowest BCUT2D eigenvalue weighted by Crippen LogP contribution is -2.43. The van der Waals surface area contributed by atoms with Gasteiger partial charge in [0.15, 0.2) is 0 Å². The van der Waals surface area contributed by atoms with Crippen LogP contribution in [0.3, 0.4) is 0 Å². The maximum Gasteiger partial charge on any atom is 0.214 e. The van der Waals surface area contributed by atoms with Crippen LogP contribution in [0.25, 0.3) is 0 Å². The molecule has 0 amide bonds. The molecule has 0 bridgehead atoms. The van der Waals surface area contributed by atoms with Gasteiger partial charge in [0, 0.05) is 11.8 Å². The summed E-state index contributed by atoms with van der Waals surface area (Å²) in [5.41, 5.74) is 0.